The Kier molecular flexibility index (Phi) is 6.16. The number of anilines is 1. The Morgan fingerprint density at radius 2 is 1.81 bits per heavy atom. The van der Waals surface area contributed by atoms with Crippen molar-refractivity contribution in [3.63, 3.8) is 0 Å². The molecule has 6 heteroatoms. The third kappa shape index (κ3) is 4.89. The van der Waals surface area contributed by atoms with Gasteiger partial charge in [-0.1, -0.05) is 42.5 Å². The molecule has 1 fully saturated rings. The summed E-state index contributed by atoms with van der Waals surface area (Å²) in [7, 11) is 0. The molecule has 0 saturated carbocycles. The highest BCUT2D eigenvalue weighted by molar-refractivity contribution is 9.10. The van der Waals surface area contributed by atoms with Crippen molar-refractivity contribution in [3.8, 4) is 0 Å². The maximum atomic E-state index is 12.8. The summed E-state index contributed by atoms with van der Waals surface area (Å²) in [6.45, 7) is 3.49. The number of nitrogens with zero attached hydrogens (tertiary/aromatic N) is 1. The van der Waals surface area contributed by atoms with E-state index in [4.69, 9.17) is 0 Å². The van der Waals surface area contributed by atoms with Crippen LogP contribution in [0.15, 0.2) is 59.1 Å². The van der Waals surface area contributed by atoms with Gasteiger partial charge in [0, 0.05) is 24.1 Å². The molecule has 0 radical (unpaired) electrons. The number of halogens is 1. The van der Waals surface area contributed by atoms with Gasteiger partial charge in [-0.2, -0.15) is 0 Å². The summed E-state index contributed by atoms with van der Waals surface area (Å²) in [5, 5.41) is 5.95. The topological polar surface area (TPSA) is 61.4 Å². The van der Waals surface area contributed by atoms with E-state index in [9.17, 15) is 9.59 Å². The highest BCUT2D eigenvalue weighted by atomic mass is 79.9. The number of nitrogens with one attached hydrogen (secondary N) is 2. The molecule has 0 aliphatic carbocycles. The predicted octanol–water partition coefficient (Wildman–Crippen LogP) is 4.40. The third-order valence-electron chi connectivity index (χ3n) is 4.94. The molecule has 1 heterocycles. The first kappa shape index (κ1) is 19.4. The Labute approximate surface area is 168 Å². The first-order valence-electron chi connectivity index (χ1n) is 9.11. The molecule has 1 aliphatic heterocycles. The number of hydrogen-bond acceptors (Lipinski definition) is 2. The fourth-order valence-corrected chi connectivity index (χ4v) is 3.73. The summed E-state index contributed by atoms with van der Waals surface area (Å²) < 4.78 is 0.832. The van der Waals surface area contributed by atoms with Gasteiger partial charge in [0.1, 0.15) is 0 Å². The monoisotopic (exact) mass is 429 g/mol. The first-order valence-corrected chi connectivity index (χ1v) is 9.90. The third-order valence-corrected chi connectivity index (χ3v) is 5.63. The normalized spacial score (nSPS) is 19.4. The summed E-state index contributed by atoms with van der Waals surface area (Å²) in [6.07, 6.45) is 1.57. The number of amides is 3. The standard InChI is InChI=1S/C21H24BrN3O2/c1-21(19(26)23-14-16-8-3-2-4-9-16)12-7-13-25(15-21)20(27)24-18-11-6-5-10-17(18)22/h2-6,8-11H,7,12-15H2,1H3,(H,23,26)(H,24,27)/t21-/m0/s1. The molecule has 5 nitrogen and oxygen atoms in total. The maximum absolute atomic E-state index is 12.8. The van der Waals surface area contributed by atoms with Crippen molar-refractivity contribution >= 4 is 33.6 Å². The van der Waals surface area contributed by atoms with Crippen LogP contribution in [0.3, 0.4) is 0 Å². The fraction of sp³-hybridized carbons (Fsp3) is 0.333. The number of hydrogen-bond donors (Lipinski definition) is 2. The van der Waals surface area contributed by atoms with Gasteiger partial charge in [-0.05, 0) is 53.4 Å². The number of rotatable bonds is 4. The van der Waals surface area contributed by atoms with Crippen LogP contribution in [0.1, 0.15) is 25.3 Å². The minimum absolute atomic E-state index is 0.00950. The van der Waals surface area contributed by atoms with E-state index in [1.54, 1.807) is 4.90 Å². The molecule has 1 saturated heterocycles. The zero-order valence-corrected chi connectivity index (χ0v) is 17.0. The van der Waals surface area contributed by atoms with Crippen molar-refractivity contribution in [3.05, 3.63) is 64.6 Å². The van der Waals surface area contributed by atoms with Gasteiger partial charge in [0.15, 0.2) is 0 Å². The molecular weight excluding hydrogens is 406 g/mol. The lowest BCUT2D eigenvalue weighted by molar-refractivity contribution is -0.132. The van der Waals surface area contributed by atoms with Crippen LogP contribution in [0.4, 0.5) is 10.5 Å². The van der Waals surface area contributed by atoms with Gasteiger partial charge >= 0.3 is 6.03 Å². The molecule has 0 bridgehead atoms. The number of likely N-dealkylation sites (tertiary alicyclic amines) is 1. The number of piperidine rings is 1. The van der Waals surface area contributed by atoms with E-state index in [1.165, 1.54) is 0 Å². The molecule has 1 aliphatic rings. The van der Waals surface area contributed by atoms with Crippen LogP contribution in [-0.2, 0) is 11.3 Å². The number of carbonyl (C=O) groups is 2. The summed E-state index contributed by atoms with van der Waals surface area (Å²) in [5.41, 5.74) is 1.20. The van der Waals surface area contributed by atoms with E-state index >= 15 is 0 Å². The largest absolute Gasteiger partial charge is 0.351 e. The molecule has 0 spiro atoms. The van der Waals surface area contributed by atoms with Crippen LogP contribution in [0, 0.1) is 5.41 Å². The highest BCUT2D eigenvalue weighted by Gasteiger charge is 2.39. The first-order chi connectivity index (χ1) is 13.0. The molecule has 3 amide bonds. The van der Waals surface area contributed by atoms with E-state index in [-0.39, 0.29) is 11.9 Å². The van der Waals surface area contributed by atoms with E-state index < -0.39 is 5.41 Å². The van der Waals surface area contributed by atoms with E-state index in [1.807, 2.05) is 61.5 Å². The summed E-state index contributed by atoms with van der Waals surface area (Å²) >= 11 is 3.44. The van der Waals surface area contributed by atoms with Gasteiger partial charge in [0.05, 0.1) is 11.1 Å². The molecule has 0 unspecified atom stereocenters. The number of carbonyl (C=O) groups excluding carboxylic acids is 2. The molecule has 27 heavy (non-hydrogen) atoms. The van der Waals surface area contributed by atoms with Gasteiger partial charge in [0.25, 0.3) is 0 Å². The van der Waals surface area contributed by atoms with Crippen molar-refractivity contribution in [1.82, 2.24) is 10.2 Å². The molecular formula is C21H24BrN3O2. The smallest absolute Gasteiger partial charge is 0.321 e. The predicted molar refractivity (Wildman–Crippen MR) is 110 cm³/mol. The van der Waals surface area contributed by atoms with Crippen LogP contribution < -0.4 is 10.6 Å². The van der Waals surface area contributed by atoms with Crippen LogP contribution in [0.5, 0.6) is 0 Å². The van der Waals surface area contributed by atoms with E-state index in [0.29, 0.717) is 19.6 Å². The van der Waals surface area contributed by atoms with Crippen molar-refractivity contribution in [1.29, 1.82) is 0 Å². The second-order valence-electron chi connectivity index (χ2n) is 7.16. The second-order valence-corrected chi connectivity index (χ2v) is 8.02. The molecule has 0 aromatic heterocycles. The molecule has 142 valence electrons. The van der Waals surface area contributed by atoms with Gasteiger partial charge in [-0.3, -0.25) is 4.79 Å². The molecule has 2 N–H and O–H groups in total. The van der Waals surface area contributed by atoms with Gasteiger partial charge in [-0.15, -0.1) is 0 Å². The maximum Gasteiger partial charge on any atom is 0.321 e. The average molecular weight is 430 g/mol. The lowest BCUT2D eigenvalue weighted by atomic mass is 9.81. The minimum atomic E-state index is -0.585. The Hall–Kier alpha value is -2.34. The lowest BCUT2D eigenvalue weighted by Gasteiger charge is -2.39. The molecule has 1 atom stereocenters. The Bertz CT molecular complexity index is 812. The van der Waals surface area contributed by atoms with Crippen molar-refractivity contribution < 1.29 is 9.59 Å². The molecule has 3 rings (SSSR count). The number of urea groups is 1. The quantitative estimate of drug-likeness (QED) is 0.756. The van der Waals surface area contributed by atoms with Gasteiger partial charge < -0.3 is 15.5 Å². The van der Waals surface area contributed by atoms with Crippen LogP contribution in [0.2, 0.25) is 0 Å². The Morgan fingerprint density at radius 3 is 2.56 bits per heavy atom. The SMILES string of the molecule is C[C@]1(C(=O)NCc2ccccc2)CCCN(C(=O)Nc2ccccc2Br)C1. The zero-order chi connectivity index (χ0) is 19.3. The Morgan fingerprint density at radius 1 is 1.11 bits per heavy atom. The second kappa shape index (κ2) is 8.57. The van der Waals surface area contributed by atoms with Gasteiger partial charge in [-0.25, -0.2) is 4.79 Å². The van der Waals surface area contributed by atoms with Crippen LogP contribution in [0.25, 0.3) is 0 Å². The molecule has 2 aromatic rings. The number of benzene rings is 2. The summed E-state index contributed by atoms with van der Waals surface area (Å²) in [5.74, 6) is -0.00950. The highest BCUT2D eigenvalue weighted by Crippen LogP contribution is 2.31. The van der Waals surface area contributed by atoms with Crippen molar-refractivity contribution in [2.24, 2.45) is 5.41 Å². The minimum Gasteiger partial charge on any atom is -0.351 e. The van der Waals surface area contributed by atoms with E-state index in [0.717, 1.165) is 28.6 Å². The summed E-state index contributed by atoms with van der Waals surface area (Å²) in [6, 6.07) is 17.2. The van der Waals surface area contributed by atoms with Gasteiger partial charge in [0.2, 0.25) is 5.91 Å². The zero-order valence-electron chi connectivity index (χ0n) is 15.4. The molecule has 2 aromatic carbocycles. The fourth-order valence-electron chi connectivity index (χ4n) is 3.35. The average Bonchev–Trinajstić information content (AvgIpc) is 2.68. The van der Waals surface area contributed by atoms with Crippen molar-refractivity contribution in [2.45, 2.75) is 26.3 Å². The lowest BCUT2D eigenvalue weighted by Crippen LogP contribution is -2.52. The Balaban J connectivity index is 1.60. The van der Waals surface area contributed by atoms with Crippen LogP contribution >= 0.6 is 15.9 Å². The van der Waals surface area contributed by atoms with Crippen molar-refractivity contribution in [2.75, 3.05) is 18.4 Å². The van der Waals surface area contributed by atoms with Crippen LogP contribution in [-0.4, -0.2) is 29.9 Å². The van der Waals surface area contributed by atoms with E-state index in [2.05, 4.69) is 26.6 Å². The summed E-state index contributed by atoms with van der Waals surface area (Å²) in [4.78, 5) is 27.2. The number of para-hydroxylation sites is 1.